The maximum Gasteiger partial charge on any atom is 0.270 e. The van der Waals surface area contributed by atoms with Crippen LogP contribution in [-0.2, 0) is 0 Å². The van der Waals surface area contributed by atoms with Gasteiger partial charge in [0.25, 0.3) is 5.91 Å². The molecule has 0 radical (unpaired) electrons. The molecule has 0 spiro atoms. The third kappa shape index (κ3) is 3.80. The highest BCUT2D eigenvalue weighted by molar-refractivity contribution is 7.80. The van der Waals surface area contributed by atoms with Crippen LogP contribution >= 0.6 is 12.2 Å². The average molecular weight is 337 g/mol. The molecule has 1 aromatic heterocycles. The standard InChI is InChI=1S/C18H15N3O2S/c22-17(20-21-18(24)19-13-7-2-1-3-8-13)15-10-5-4-9-14(15)16-11-6-12-23-16/h1-12H,(H,20,22)(H2,19,21,24). The highest BCUT2D eigenvalue weighted by Gasteiger charge is 2.14. The van der Waals surface area contributed by atoms with Gasteiger partial charge in [0, 0.05) is 11.3 Å². The summed E-state index contributed by atoms with van der Waals surface area (Å²) in [5.41, 5.74) is 7.31. The Morgan fingerprint density at radius 3 is 2.38 bits per heavy atom. The molecule has 0 unspecified atom stereocenters. The summed E-state index contributed by atoms with van der Waals surface area (Å²) in [5.74, 6) is 0.324. The van der Waals surface area contributed by atoms with Crippen LogP contribution in [0.5, 0.6) is 0 Å². The topological polar surface area (TPSA) is 66.3 Å². The smallest absolute Gasteiger partial charge is 0.270 e. The molecule has 1 heterocycles. The second kappa shape index (κ2) is 7.43. The summed E-state index contributed by atoms with van der Waals surface area (Å²) in [6.45, 7) is 0. The van der Waals surface area contributed by atoms with Crippen LogP contribution in [0.4, 0.5) is 5.69 Å². The van der Waals surface area contributed by atoms with Gasteiger partial charge in [-0.05, 0) is 42.5 Å². The summed E-state index contributed by atoms with van der Waals surface area (Å²) >= 11 is 5.16. The molecule has 0 saturated heterocycles. The van der Waals surface area contributed by atoms with Gasteiger partial charge in [-0.3, -0.25) is 15.6 Å². The first kappa shape index (κ1) is 15.8. The molecule has 24 heavy (non-hydrogen) atoms. The van der Waals surface area contributed by atoms with Gasteiger partial charge in [0.2, 0.25) is 0 Å². The molecule has 0 fully saturated rings. The number of hydrazine groups is 1. The lowest BCUT2D eigenvalue weighted by Gasteiger charge is -2.12. The number of hydrogen-bond donors (Lipinski definition) is 3. The zero-order valence-electron chi connectivity index (χ0n) is 12.7. The number of para-hydroxylation sites is 1. The molecule has 0 aliphatic heterocycles. The molecular formula is C18H15N3O2S. The highest BCUT2D eigenvalue weighted by atomic mass is 32.1. The molecule has 5 nitrogen and oxygen atoms in total. The lowest BCUT2D eigenvalue weighted by atomic mass is 10.1. The van der Waals surface area contributed by atoms with Gasteiger partial charge in [0.05, 0.1) is 11.8 Å². The van der Waals surface area contributed by atoms with Crippen LogP contribution < -0.4 is 16.2 Å². The Hall–Kier alpha value is -3.12. The fourth-order valence-electron chi connectivity index (χ4n) is 2.19. The van der Waals surface area contributed by atoms with Gasteiger partial charge < -0.3 is 9.73 Å². The van der Waals surface area contributed by atoms with E-state index < -0.39 is 0 Å². The minimum Gasteiger partial charge on any atom is -0.464 e. The van der Waals surface area contributed by atoms with Gasteiger partial charge in [-0.1, -0.05) is 36.4 Å². The van der Waals surface area contributed by atoms with E-state index in [1.807, 2.05) is 42.5 Å². The number of hydrogen-bond acceptors (Lipinski definition) is 3. The number of amides is 1. The maximum absolute atomic E-state index is 12.4. The number of anilines is 1. The molecule has 3 aromatic rings. The van der Waals surface area contributed by atoms with Gasteiger partial charge in [0.1, 0.15) is 5.76 Å². The van der Waals surface area contributed by atoms with Gasteiger partial charge >= 0.3 is 0 Å². The first-order valence-corrected chi connectivity index (χ1v) is 7.70. The molecule has 3 rings (SSSR count). The van der Waals surface area contributed by atoms with E-state index in [-0.39, 0.29) is 5.91 Å². The Morgan fingerprint density at radius 1 is 0.875 bits per heavy atom. The predicted octanol–water partition coefficient (Wildman–Crippen LogP) is 3.58. The van der Waals surface area contributed by atoms with Crippen molar-refractivity contribution in [3.63, 3.8) is 0 Å². The van der Waals surface area contributed by atoms with Crippen molar-refractivity contribution in [3.05, 3.63) is 78.6 Å². The predicted molar refractivity (Wildman–Crippen MR) is 97.4 cm³/mol. The van der Waals surface area contributed by atoms with Crippen LogP contribution in [0.3, 0.4) is 0 Å². The van der Waals surface area contributed by atoms with E-state index in [4.69, 9.17) is 16.6 Å². The Labute approximate surface area is 144 Å². The van der Waals surface area contributed by atoms with Crippen LogP contribution in [0.15, 0.2) is 77.4 Å². The summed E-state index contributed by atoms with van der Waals surface area (Å²) in [6, 6.07) is 20.2. The van der Waals surface area contributed by atoms with Crippen molar-refractivity contribution < 1.29 is 9.21 Å². The number of furan rings is 1. The average Bonchev–Trinajstić information content (AvgIpc) is 3.15. The first-order chi connectivity index (χ1) is 11.7. The Balaban J connectivity index is 1.65. The minimum atomic E-state index is -0.306. The second-order valence-electron chi connectivity index (χ2n) is 4.92. The SMILES string of the molecule is O=C(NNC(=S)Nc1ccccc1)c1ccccc1-c1ccco1. The number of benzene rings is 2. The normalized spacial score (nSPS) is 10.0. The van der Waals surface area contributed by atoms with E-state index in [1.54, 1.807) is 30.5 Å². The molecule has 120 valence electrons. The Bertz CT molecular complexity index is 832. The number of rotatable bonds is 3. The van der Waals surface area contributed by atoms with Crippen LogP contribution in [0.1, 0.15) is 10.4 Å². The quantitative estimate of drug-likeness (QED) is 0.503. The lowest BCUT2D eigenvalue weighted by Crippen LogP contribution is -2.43. The third-order valence-corrected chi connectivity index (χ3v) is 3.48. The van der Waals surface area contributed by atoms with E-state index in [2.05, 4.69) is 16.2 Å². The second-order valence-corrected chi connectivity index (χ2v) is 5.33. The van der Waals surface area contributed by atoms with Crippen LogP contribution in [-0.4, -0.2) is 11.0 Å². The molecule has 3 N–H and O–H groups in total. The van der Waals surface area contributed by atoms with Crippen molar-refractivity contribution in [2.24, 2.45) is 0 Å². The lowest BCUT2D eigenvalue weighted by molar-refractivity contribution is 0.0944. The summed E-state index contributed by atoms with van der Waals surface area (Å²) in [7, 11) is 0. The zero-order valence-corrected chi connectivity index (χ0v) is 13.5. The Kier molecular flexibility index (Phi) is 4.88. The minimum absolute atomic E-state index is 0.296. The van der Waals surface area contributed by atoms with Crippen LogP contribution in [0.2, 0.25) is 0 Å². The molecule has 1 amide bonds. The largest absolute Gasteiger partial charge is 0.464 e. The fraction of sp³-hybridized carbons (Fsp3) is 0. The fourth-order valence-corrected chi connectivity index (χ4v) is 2.36. The van der Waals surface area contributed by atoms with E-state index in [0.717, 1.165) is 5.69 Å². The molecule has 0 saturated carbocycles. The molecule has 0 aliphatic rings. The van der Waals surface area contributed by atoms with Crippen LogP contribution in [0, 0.1) is 0 Å². The van der Waals surface area contributed by atoms with Gasteiger partial charge in [0.15, 0.2) is 5.11 Å². The number of nitrogens with one attached hydrogen (secondary N) is 3. The van der Waals surface area contributed by atoms with Crippen molar-refractivity contribution in [3.8, 4) is 11.3 Å². The van der Waals surface area contributed by atoms with Crippen molar-refractivity contribution in [1.82, 2.24) is 10.9 Å². The zero-order chi connectivity index (χ0) is 16.8. The molecule has 0 atom stereocenters. The van der Waals surface area contributed by atoms with Crippen molar-refractivity contribution in [2.45, 2.75) is 0 Å². The number of carbonyl (C=O) groups excluding carboxylic acids is 1. The maximum atomic E-state index is 12.4. The van der Waals surface area contributed by atoms with Gasteiger partial charge in [-0.15, -0.1) is 0 Å². The van der Waals surface area contributed by atoms with Crippen molar-refractivity contribution in [2.75, 3.05) is 5.32 Å². The van der Waals surface area contributed by atoms with Gasteiger partial charge in [-0.25, -0.2) is 0 Å². The highest BCUT2D eigenvalue weighted by Crippen LogP contribution is 2.23. The third-order valence-electron chi connectivity index (χ3n) is 3.28. The van der Waals surface area contributed by atoms with E-state index in [0.29, 0.717) is 22.0 Å². The summed E-state index contributed by atoms with van der Waals surface area (Å²) in [6.07, 6.45) is 1.57. The first-order valence-electron chi connectivity index (χ1n) is 7.29. The Morgan fingerprint density at radius 2 is 1.62 bits per heavy atom. The van der Waals surface area contributed by atoms with E-state index in [1.165, 1.54) is 0 Å². The van der Waals surface area contributed by atoms with Crippen molar-refractivity contribution in [1.29, 1.82) is 0 Å². The number of carbonyl (C=O) groups is 1. The molecule has 0 aliphatic carbocycles. The number of thiocarbonyl (C=S) groups is 1. The van der Waals surface area contributed by atoms with E-state index in [9.17, 15) is 4.79 Å². The molecule has 2 aromatic carbocycles. The molecule has 0 bridgehead atoms. The summed E-state index contributed by atoms with van der Waals surface area (Å²) in [4.78, 5) is 12.4. The van der Waals surface area contributed by atoms with Crippen molar-refractivity contribution >= 4 is 28.9 Å². The monoisotopic (exact) mass is 337 g/mol. The van der Waals surface area contributed by atoms with E-state index >= 15 is 0 Å². The molecule has 6 heteroatoms. The van der Waals surface area contributed by atoms with Crippen LogP contribution in [0.25, 0.3) is 11.3 Å². The summed E-state index contributed by atoms with van der Waals surface area (Å²) < 4.78 is 5.38. The summed E-state index contributed by atoms with van der Waals surface area (Å²) in [5, 5.41) is 3.27. The molecular weight excluding hydrogens is 322 g/mol. The van der Waals surface area contributed by atoms with Gasteiger partial charge in [-0.2, -0.15) is 0 Å².